The molecule has 0 fully saturated rings. The molecule has 0 spiro atoms. The highest BCUT2D eigenvalue weighted by atomic mass is 16.2. The predicted molar refractivity (Wildman–Crippen MR) is 90.1 cm³/mol. The van der Waals surface area contributed by atoms with Crippen LogP contribution < -0.4 is 11.1 Å². The van der Waals surface area contributed by atoms with Gasteiger partial charge in [-0.05, 0) is 24.3 Å². The third kappa shape index (κ3) is 3.55. The number of carbonyl (C=O) groups excluding carboxylic acids is 2. The quantitative estimate of drug-likeness (QED) is 0.743. The molecule has 0 aliphatic rings. The molecule has 0 aliphatic carbocycles. The normalized spacial score (nSPS) is 11.8. The molecule has 0 radical (unpaired) electrons. The van der Waals surface area contributed by atoms with Crippen molar-refractivity contribution in [3.05, 3.63) is 72.1 Å². The predicted octanol–water partition coefficient (Wildman–Crippen LogP) is 1.46. The van der Waals surface area contributed by atoms with Gasteiger partial charge in [-0.1, -0.05) is 30.3 Å². The number of benzene rings is 2. The lowest BCUT2D eigenvalue weighted by atomic mass is 10.1. The third-order valence-electron chi connectivity index (χ3n) is 3.60. The van der Waals surface area contributed by atoms with Gasteiger partial charge in [-0.25, -0.2) is 4.98 Å². The Morgan fingerprint density at radius 1 is 1.00 bits per heavy atom. The van der Waals surface area contributed by atoms with Gasteiger partial charge in [0.15, 0.2) is 0 Å². The van der Waals surface area contributed by atoms with Crippen molar-refractivity contribution in [2.24, 2.45) is 5.73 Å². The molecule has 0 saturated carbocycles. The maximum atomic E-state index is 12.2. The van der Waals surface area contributed by atoms with Crippen molar-refractivity contribution < 1.29 is 9.59 Å². The fraction of sp³-hybridized carbons (Fsp3) is 0.111. The van der Waals surface area contributed by atoms with Gasteiger partial charge in [0.05, 0.1) is 16.7 Å². The second-order valence-electron chi connectivity index (χ2n) is 5.35. The number of carbonyl (C=O) groups is 2. The van der Waals surface area contributed by atoms with Crippen LogP contribution in [0.1, 0.15) is 16.1 Å². The Kier molecular flexibility index (Phi) is 4.47. The first-order chi connectivity index (χ1) is 11.6. The summed E-state index contributed by atoms with van der Waals surface area (Å²) >= 11 is 0. The van der Waals surface area contributed by atoms with Crippen molar-refractivity contribution in [2.45, 2.75) is 12.5 Å². The Labute approximate surface area is 138 Å². The maximum Gasteiger partial charge on any atom is 0.251 e. The van der Waals surface area contributed by atoms with Crippen LogP contribution in [0.15, 0.2) is 60.8 Å². The van der Waals surface area contributed by atoms with Crippen LogP contribution in [-0.2, 0) is 11.2 Å². The Morgan fingerprint density at radius 3 is 2.38 bits per heavy atom. The summed E-state index contributed by atoms with van der Waals surface area (Å²) in [6.45, 7) is 0. The van der Waals surface area contributed by atoms with Crippen molar-refractivity contribution in [1.29, 1.82) is 0 Å². The van der Waals surface area contributed by atoms with Crippen LogP contribution in [0.5, 0.6) is 0 Å². The van der Waals surface area contributed by atoms with E-state index in [1.165, 1.54) is 0 Å². The first kappa shape index (κ1) is 15.6. The highest BCUT2D eigenvalue weighted by Gasteiger charge is 2.20. The summed E-state index contributed by atoms with van der Waals surface area (Å²) in [5, 5.41) is 2.65. The van der Waals surface area contributed by atoms with Crippen LogP contribution in [-0.4, -0.2) is 27.8 Å². The van der Waals surface area contributed by atoms with E-state index in [1.54, 1.807) is 30.5 Å². The van der Waals surface area contributed by atoms with Crippen molar-refractivity contribution >= 4 is 22.8 Å². The van der Waals surface area contributed by atoms with Crippen molar-refractivity contribution in [3.8, 4) is 0 Å². The molecular weight excluding hydrogens is 304 g/mol. The van der Waals surface area contributed by atoms with E-state index in [0.29, 0.717) is 11.3 Å². The van der Waals surface area contributed by atoms with E-state index >= 15 is 0 Å². The molecule has 3 rings (SSSR count). The summed E-state index contributed by atoms with van der Waals surface area (Å²) in [5.41, 5.74) is 7.97. The molecule has 0 aliphatic heterocycles. The summed E-state index contributed by atoms with van der Waals surface area (Å²) in [5.74, 6) is -0.970. The summed E-state index contributed by atoms with van der Waals surface area (Å²) in [7, 11) is 0. The Bertz CT molecular complexity index is 880. The first-order valence-corrected chi connectivity index (χ1v) is 7.49. The molecule has 3 aromatic rings. The Balaban J connectivity index is 1.78. The zero-order chi connectivity index (χ0) is 16.9. The Morgan fingerprint density at radius 2 is 1.67 bits per heavy atom. The van der Waals surface area contributed by atoms with E-state index in [4.69, 9.17) is 5.73 Å². The number of nitrogens with one attached hydrogen (secondary N) is 1. The fourth-order valence-electron chi connectivity index (χ4n) is 2.36. The number of aromatic nitrogens is 2. The lowest BCUT2D eigenvalue weighted by molar-refractivity contribution is -0.119. The first-order valence-electron chi connectivity index (χ1n) is 7.49. The summed E-state index contributed by atoms with van der Waals surface area (Å²) in [4.78, 5) is 32.7. The van der Waals surface area contributed by atoms with E-state index in [2.05, 4.69) is 15.3 Å². The smallest absolute Gasteiger partial charge is 0.251 e. The minimum atomic E-state index is -0.854. The van der Waals surface area contributed by atoms with Crippen LogP contribution in [0.4, 0.5) is 0 Å². The lowest BCUT2D eigenvalue weighted by Crippen LogP contribution is -2.46. The molecule has 3 N–H and O–H groups in total. The molecule has 6 heteroatoms. The molecule has 0 unspecified atom stereocenters. The van der Waals surface area contributed by atoms with Crippen LogP contribution in [0.3, 0.4) is 0 Å². The number of hydrogen-bond donors (Lipinski definition) is 2. The van der Waals surface area contributed by atoms with Gasteiger partial charge in [0.25, 0.3) is 5.91 Å². The number of para-hydroxylation sites is 2. The van der Waals surface area contributed by atoms with Gasteiger partial charge in [-0.15, -0.1) is 0 Å². The summed E-state index contributed by atoms with van der Waals surface area (Å²) < 4.78 is 0. The summed E-state index contributed by atoms with van der Waals surface area (Å²) in [6, 6.07) is 15.2. The zero-order valence-corrected chi connectivity index (χ0v) is 12.8. The van der Waals surface area contributed by atoms with Gasteiger partial charge in [-0.2, -0.15) is 0 Å². The Hall–Kier alpha value is -3.28. The molecule has 2 aromatic carbocycles. The monoisotopic (exact) mass is 320 g/mol. The minimum Gasteiger partial charge on any atom is -0.368 e. The molecule has 0 saturated heterocycles. The molecule has 6 nitrogen and oxygen atoms in total. The standard InChI is InChI=1S/C18H16N4O2/c19-17(23)16(22-18(24)12-6-2-1-3-7-12)10-13-11-20-14-8-4-5-9-15(14)21-13/h1-9,11,16H,10H2,(H2,19,23)(H,22,24)/t16-/m0/s1. The second-order valence-corrected chi connectivity index (χ2v) is 5.35. The number of rotatable bonds is 5. The summed E-state index contributed by atoms with van der Waals surface area (Å²) in [6.07, 6.45) is 1.78. The van der Waals surface area contributed by atoms with Crippen molar-refractivity contribution in [2.75, 3.05) is 0 Å². The van der Waals surface area contributed by atoms with Gasteiger partial charge >= 0.3 is 0 Å². The molecule has 24 heavy (non-hydrogen) atoms. The van der Waals surface area contributed by atoms with Crippen LogP contribution in [0.25, 0.3) is 11.0 Å². The van der Waals surface area contributed by atoms with E-state index in [9.17, 15) is 9.59 Å². The third-order valence-corrected chi connectivity index (χ3v) is 3.60. The van der Waals surface area contributed by atoms with Gasteiger partial charge in [0, 0.05) is 18.2 Å². The zero-order valence-electron chi connectivity index (χ0n) is 12.8. The maximum absolute atomic E-state index is 12.2. The van der Waals surface area contributed by atoms with E-state index in [-0.39, 0.29) is 12.3 Å². The number of primary amides is 1. The lowest BCUT2D eigenvalue weighted by Gasteiger charge is -2.15. The molecule has 2 amide bonds. The molecule has 1 atom stereocenters. The number of nitrogens with two attached hydrogens (primary N) is 1. The topological polar surface area (TPSA) is 98.0 Å². The van der Waals surface area contributed by atoms with Crippen LogP contribution in [0.2, 0.25) is 0 Å². The van der Waals surface area contributed by atoms with Crippen molar-refractivity contribution in [3.63, 3.8) is 0 Å². The largest absolute Gasteiger partial charge is 0.368 e. The van der Waals surface area contributed by atoms with Crippen LogP contribution in [0, 0.1) is 0 Å². The van der Waals surface area contributed by atoms with Gasteiger partial charge < -0.3 is 11.1 Å². The molecule has 120 valence electrons. The van der Waals surface area contributed by atoms with Gasteiger partial charge in [0.1, 0.15) is 6.04 Å². The number of hydrogen-bond acceptors (Lipinski definition) is 4. The molecular formula is C18H16N4O2. The van der Waals surface area contributed by atoms with Crippen LogP contribution >= 0.6 is 0 Å². The SMILES string of the molecule is NC(=O)[C@H](Cc1cnc2ccccc2n1)NC(=O)c1ccccc1. The van der Waals surface area contributed by atoms with Crippen molar-refractivity contribution in [1.82, 2.24) is 15.3 Å². The molecule has 1 aromatic heterocycles. The minimum absolute atomic E-state index is 0.186. The highest BCUT2D eigenvalue weighted by Crippen LogP contribution is 2.10. The average molecular weight is 320 g/mol. The van der Waals surface area contributed by atoms with E-state index in [0.717, 1.165) is 11.0 Å². The second kappa shape index (κ2) is 6.87. The van der Waals surface area contributed by atoms with E-state index in [1.807, 2.05) is 30.3 Å². The number of amides is 2. The highest BCUT2D eigenvalue weighted by molar-refractivity contribution is 5.97. The average Bonchev–Trinajstić information content (AvgIpc) is 2.61. The number of fused-ring (bicyclic) bond motifs is 1. The van der Waals surface area contributed by atoms with E-state index < -0.39 is 11.9 Å². The number of nitrogens with zero attached hydrogens (tertiary/aromatic N) is 2. The molecule has 1 heterocycles. The fourth-order valence-corrected chi connectivity index (χ4v) is 2.36. The van der Waals surface area contributed by atoms with Gasteiger partial charge in [0.2, 0.25) is 5.91 Å². The molecule has 0 bridgehead atoms. The van der Waals surface area contributed by atoms with Gasteiger partial charge in [-0.3, -0.25) is 14.6 Å².